The lowest BCUT2D eigenvalue weighted by atomic mass is 9.86. The van der Waals surface area contributed by atoms with Crippen molar-refractivity contribution in [3.05, 3.63) is 56.9 Å². The van der Waals surface area contributed by atoms with Crippen LogP contribution in [0.3, 0.4) is 0 Å². The summed E-state index contributed by atoms with van der Waals surface area (Å²) >= 11 is 0. The van der Waals surface area contributed by atoms with Gasteiger partial charge in [-0.05, 0) is 44.3 Å². The zero-order chi connectivity index (χ0) is 22.8. The van der Waals surface area contributed by atoms with E-state index in [2.05, 4.69) is 11.8 Å². The monoisotopic (exact) mass is 435 g/mol. The molecule has 0 bridgehead atoms. The lowest BCUT2D eigenvalue weighted by molar-refractivity contribution is -0.172. The van der Waals surface area contributed by atoms with E-state index < -0.39 is 11.6 Å². The summed E-state index contributed by atoms with van der Waals surface area (Å²) in [5.41, 5.74) is 2.07. The number of carbonyl (C=O) groups is 1. The maximum atomic E-state index is 13.3. The number of rotatable bonds is 4. The summed E-state index contributed by atoms with van der Waals surface area (Å²) in [4.78, 5) is 32.5. The van der Waals surface area contributed by atoms with Gasteiger partial charge in [-0.25, -0.2) is 9.78 Å². The van der Waals surface area contributed by atoms with Gasteiger partial charge < -0.3 is 24.4 Å². The number of cyclic esters (lactones) is 1. The Morgan fingerprint density at radius 3 is 2.75 bits per heavy atom. The molecule has 2 aliphatic rings. The van der Waals surface area contributed by atoms with Crippen molar-refractivity contribution in [1.82, 2.24) is 14.5 Å². The second kappa shape index (κ2) is 7.15. The van der Waals surface area contributed by atoms with Crippen LogP contribution in [0.15, 0.2) is 29.1 Å². The van der Waals surface area contributed by atoms with Crippen LogP contribution in [-0.4, -0.2) is 44.2 Å². The van der Waals surface area contributed by atoms with Crippen molar-refractivity contribution < 1.29 is 19.7 Å². The van der Waals surface area contributed by atoms with Crippen molar-refractivity contribution in [1.29, 1.82) is 0 Å². The summed E-state index contributed by atoms with van der Waals surface area (Å²) in [6, 6.07) is 7.09. The largest absolute Gasteiger partial charge is 0.508 e. The molecule has 2 aromatic heterocycles. The Kier molecular flexibility index (Phi) is 4.61. The summed E-state index contributed by atoms with van der Waals surface area (Å²) in [7, 11) is 1.98. The van der Waals surface area contributed by atoms with Crippen LogP contribution in [0.5, 0.6) is 5.75 Å². The van der Waals surface area contributed by atoms with Gasteiger partial charge in [0.1, 0.15) is 12.4 Å². The quantitative estimate of drug-likeness (QED) is 0.474. The number of hydrogen-bond acceptors (Lipinski definition) is 7. The maximum Gasteiger partial charge on any atom is 0.343 e. The number of aromatic nitrogens is 2. The summed E-state index contributed by atoms with van der Waals surface area (Å²) < 4.78 is 6.73. The van der Waals surface area contributed by atoms with E-state index in [1.54, 1.807) is 29.7 Å². The third kappa shape index (κ3) is 2.79. The number of hydrogen-bond donors (Lipinski definition) is 2. The molecule has 8 heteroatoms. The molecular formula is C24H25N3O5. The second-order valence-electron chi connectivity index (χ2n) is 8.56. The Morgan fingerprint density at radius 2 is 2.03 bits per heavy atom. The Labute approximate surface area is 184 Å². The normalized spacial score (nSPS) is 19.1. The molecule has 5 rings (SSSR count). The molecule has 2 N–H and O–H groups in total. The third-order valence-corrected chi connectivity index (χ3v) is 6.75. The molecule has 0 amide bonds. The Morgan fingerprint density at radius 1 is 1.25 bits per heavy atom. The molecule has 0 fully saturated rings. The molecule has 8 nitrogen and oxygen atoms in total. The SMILES string of the molecule is CCN(C)Cc1c(O)ccc2nc3c(cc12)Cn1c-3cc2c(c1=O)COC(=O)C2(O)CC. The number of aliphatic hydroxyl groups is 1. The van der Waals surface area contributed by atoms with Gasteiger partial charge in [-0.15, -0.1) is 0 Å². The number of esters is 1. The van der Waals surface area contributed by atoms with Crippen molar-refractivity contribution in [2.24, 2.45) is 0 Å². The average Bonchev–Trinajstić information content (AvgIpc) is 3.15. The predicted molar refractivity (Wildman–Crippen MR) is 118 cm³/mol. The number of phenols is 1. The first-order valence-corrected chi connectivity index (χ1v) is 10.8. The highest BCUT2D eigenvalue weighted by Crippen LogP contribution is 2.39. The molecule has 32 heavy (non-hydrogen) atoms. The van der Waals surface area contributed by atoms with E-state index in [1.165, 1.54) is 0 Å². The van der Waals surface area contributed by atoms with Crippen LogP contribution in [0, 0.1) is 0 Å². The summed E-state index contributed by atoms with van der Waals surface area (Å²) in [5.74, 6) is -0.520. The summed E-state index contributed by atoms with van der Waals surface area (Å²) in [6.07, 6.45) is 0.104. The summed E-state index contributed by atoms with van der Waals surface area (Å²) in [5, 5.41) is 22.3. The van der Waals surface area contributed by atoms with E-state index in [0.29, 0.717) is 41.1 Å². The van der Waals surface area contributed by atoms with Crippen molar-refractivity contribution in [2.75, 3.05) is 13.6 Å². The van der Waals surface area contributed by atoms with Gasteiger partial charge in [0, 0.05) is 28.6 Å². The molecular weight excluding hydrogens is 410 g/mol. The minimum atomic E-state index is -1.84. The van der Waals surface area contributed by atoms with E-state index in [0.717, 1.165) is 23.1 Å². The first-order chi connectivity index (χ1) is 15.3. The number of fused-ring (bicyclic) bond motifs is 5. The van der Waals surface area contributed by atoms with Gasteiger partial charge in [0.2, 0.25) is 0 Å². The van der Waals surface area contributed by atoms with Crippen molar-refractivity contribution in [3.63, 3.8) is 0 Å². The van der Waals surface area contributed by atoms with Gasteiger partial charge >= 0.3 is 5.97 Å². The van der Waals surface area contributed by atoms with E-state index in [9.17, 15) is 19.8 Å². The van der Waals surface area contributed by atoms with E-state index in [-0.39, 0.29) is 24.3 Å². The highest BCUT2D eigenvalue weighted by Gasteiger charge is 2.45. The maximum absolute atomic E-state index is 13.3. The van der Waals surface area contributed by atoms with Crippen LogP contribution in [-0.2, 0) is 34.8 Å². The minimum Gasteiger partial charge on any atom is -0.508 e. The fraction of sp³-hybridized carbons (Fsp3) is 0.375. The molecule has 1 unspecified atom stereocenters. The van der Waals surface area contributed by atoms with Crippen molar-refractivity contribution in [2.45, 2.75) is 45.6 Å². The van der Waals surface area contributed by atoms with Crippen LogP contribution < -0.4 is 5.56 Å². The fourth-order valence-corrected chi connectivity index (χ4v) is 4.65. The molecule has 4 heterocycles. The minimum absolute atomic E-state index is 0.104. The highest BCUT2D eigenvalue weighted by molar-refractivity contribution is 5.89. The van der Waals surface area contributed by atoms with Gasteiger partial charge in [0.05, 0.1) is 29.0 Å². The summed E-state index contributed by atoms with van der Waals surface area (Å²) in [6.45, 7) is 5.32. The molecule has 0 aliphatic carbocycles. The van der Waals surface area contributed by atoms with E-state index in [4.69, 9.17) is 9.72 Å². The average molecular weight is 435 g/mol. The lowest BCUT2D eigenvalue weighted by Gasteiger charge is -2.31. The number of ether oxygens (including phenoxy) is 1. The first kappa shape index (κ1) is 20.7. The van der Waals surface area contributed by atoms with Crippen molar-refractivity contribution in [3.8, 4) is 17.1 Å². The highest BCUT2D eigenvalue weighted by atomic mass is 16.6. The second-order valence-corrected chi connectivity index (χ2v) is 8.56. The molecule has 0 saturated heterocycles. The number of nitrogens with zero attached hydrogens (tertiary/aromatic N) is 3. The van der Waals surface area contributed by atoms with Crippen molar-refractivity contribution >= 4 is 16.9 Å². The Hall–Kier alpha value is -3.23. The molecule has 0 radical (unpaired) electrons. The fourth-order valence-electron chi connectivity index (χ4n) is 4.65. The van der Waals surface area contributed by atoms with Crippen LogP contribution in [0.4, 0.5) is 0 Å². The molecule has 1 atom stereocenters. The topological polar surface area (TPSA) is 105 Å². The molecule has 0 saturated carbocycles. The van der Waals surface area contributed by atoms with Gasteiger partial charge in [-0.1, -0.05) is 13.8 Å². The number of carbonyl (C=O) groups excluding carboxylic acids is 1. The predicted octanol–water partition coefficient (Wildman–Crippen LogP) is 2.24. The molecule has 2 aliphatic heterocycles. The molecule has 0 spiro atoms. The molecule has 166 valence electrons. The van der Waals surface area contributed by atoms with Gasteiger partial charge in [-0.3, -0.25) is 4.79 Å². The van der Waals surface area contributed by atoms with Gasteiger partial charge in [0.15, 0.2) is 5.60 Å². The van der Waals surface area contributed by atoms with E-state index >= 15 is 0 Å². The molecule has 3 aromatic rings. The van der Waals surface area contributed by atoms with Gasteiger partial charge in [0.25, 0.3) is 5.56 Å². The number of benzene rings is 1. The van der Waals surface area contributed by atoms with Gasteiger partial charge in [-0.2, -0.15) is 0 Å². The van der Waals surface area contributed by atoms with E-state index in [1.807, 2.05) is 13.1 Å². The number of pyridine rings is 2. The van der Waals surface area contributed by atoms with Crippen LogP contribution >= 0.6 is 0 Å². The zero-order valence-electron chi connectivity index (χ0n) is 18.3. The Bertz CT molecular complexity index is 1350. The van der Waals surface area contributed by atoms with Crippen LogP contribution in [0.25, 0.3) is 22.3 Å². The molecule has 1 aromatic carbocycles. The lowest BCUT2D eigenvalue weighted by Crippen LogP contribution is -2.44. The standard InChI is InChI=1S/C24H25N3O5/c1-4-24(31)17-9-19-21-13(10-27(19)22(29)16(17)12-32-23(24)30)8-14-15(11-26(3)5-2)20(28)7-6-18(14)25-21/h6-9,28,31H,4-5,10-12H2,1-3H3. The smallest absolute Gasteiger partial charge is 0.343 e. The number of aromatic hydroxyl groups is 1. The zero-order valence-corrected chi connectivity index (χ0v) is 18.3. The third-order valence-electron chi connectivity index (χ3n) is 6.75. The van der Waals surface area contributed by atoms with Crippen LogP contribution in [0.1, 0.15) is 42.5 Å². The first-order valence-electron chi connectivity index (χ1n) is 10.8. The van der Waals surface area contributed by atoms with Crippen LogP contribution in [0.2, 0.25) is 0 Å². The number of phenolic OH excluding ortho intramolecular Hbond substituents is 1. The Balaban J connectivity index is 1.72.